The largest absolute Gasteiger partial charge is 0.489 e. The lowest BCUT2D eigenvalue weighted by Crippen LogP contribution is -2.17. The zero-order valence-corrected chi connectivity index (χ0v) is 12.3. The van der Waals surface area contributed by atoms with Gasteiger partial charge in [0.15, 0.2) is 0 Å². The van der Waals surface area contributed by atoms with Crippen molar-refractivity contribution in [1.29, 1.82) is 0 Å². The number of ether oxygens (including phenoxy) is 1. The second-order valence-electron chi connectivity index (χ2n) is 5.82. The summed E-state index contributed by atoms with van der Waals surface area (Å²) in [7, 11) is 1.91. The zero-order valence-electron chi connectivity index (χ0n) is 12.3. The molecule has 0 saturated carbocycles. The molecule has 0 spiro atoms. The molecule has 2 nitrogen and oxygen atoms in total. The summed E-state index contributed by atoms with van der Waals surface area (Å²) in [6.07, 6.45) is 0. The van der Waals surface area contributed by atoms with Crippen LogP contribution in [0.4, 0.5) is 0 Å². The van der Waals surface area contributed by atoms with Gasteiger partial charge in [-0.2, -0.15) is 0 Å². The van der Waals surface area contributed by atoms with Crippen molar-refractivity contribution in [2.45, 2.75) is 33.1 Å². The monoisotopic (exact) mass is 247 g/mol. The molecule has 0 bridgehead atoms. The van der Waals surface area contributed by atoms with E-state index in [4.69, 9.17) is 4.74 Å². The summed E-state index contributed by atoms with van der Waals surface area (Å²) in [6.45, 7) is 14.1. The van der Waals surface area contributed by atoms with Crippen LogP contribution in [-0.4, -0.2) is 20.2 Å². The maximum Gasteiger partial charge on any atom is 0.123 e. The maximum absolute atomic E-state index is 5.89. The molecule has 1 aromatic rings. The van der Waals surface area contributed by atoms with Gasteiger partial charge < -0.3 is 10.1 Å². The zero-order chi connectivity index (χ0) is 13.8. The summed E-state index contributed by atoms with van der Waals surface area (Å²) in [5, 5.41) is 3.08. The van der Waals surface area contributed by atoms with E-state index in [1.54, 1.807) is 0 Å². The van der Waals surface area contributed by atoms with Gasteiger partial charge in [0.2, 0.25) is 0 Å². The number of hydrogen-bond donors (Lipinski definition) is 1. The van der Waals surface area contributed by atoms with Crippen LogP contribution in [0.15, 0.2) is 30.4 Å². The Bertz CT molecular complexity index is 416. The molecule has 18 heavy (non-hydrogen) atoms. The summed E-state index contributed by atoms with van der Waals surface area (Å²) in [5.41, 5.74) is 3.66. The van der Waals surface area contributed by atoms with Crippen LogP contribution in [0.2, 0.25) is 0 Å². The van der Waals surface area contributed by atoms with Crippen molar-refractivity contribution in [3.05, 3.63) is 41.5 Å². The SMILES string of the molecule is C=C(CNC)COc1ccc(C)cc1C(C)(C)C. The minimum atomic E-state index is 0.0890. The highest BCUT2D eigenvalue weighted by Gasteiger charge is 2.19. The molecule has 1 rings (SSSR count). The molecule has 1 aromatic carbocycles. The molecule has 0 aliphatic carbocycles. The molecule has 0 amide bonds. The van der Waals surface area contributed by atoms with Gasteiger partial charge in [-0.3, -0.25) is 0 Å². The molecule has 0 aliphatic rings. The van der Waals surface area contributed by atoms with E-state index in [1.807, 2.05) is 7.05 Å². The number of benzene rings is 1. The topological polar surface area (TPSA) is 21.3 Å². The summed E-state index contributed by atoms with van der Waals surface area (Å²) in [6, 6.07) is 6.35. The van der Waals surface area contributed by atoms with E-state index in [0.29, 0.717) is 6.61 Å². The summed E-state index contributed by atoms with van der Waals surface area (Å²) >= 11 is 0. The number of likely N-dealkylation sites (N-methyl/N-ethyl adjacent to an activating group) is 1. The van der Waals surface area contributed by atoms with Gasteiger partial charge in [-0.15, -0.1) is 0 Å². The summed E-state index contributed by atoms with van der Waals surface area (Å²) in [4.78, 5) is 0. The Kier molecular flexibility index (Phi) is 4.97. The van der Waals surface area contributed by atoms with E-state index in [1.165, 1.54) is 11.1 Å². The molecule has 0 atom stereocenters. The molecule has 0 saturated heterocycles. The van der Waals surface area contributed by atoms with Gasteiger partial charge in [0.05, 0.1) is 0 Å². The summed E-state index contributed by atoms with van der Waals surface area (Å²) in [5.74, 6) is 0.963. The Morgan fingerprint density at radius 3 is 2.56 bits per heavy atom. The second-order valence-corrected chi connectivity index (χ2v) is 5.82. The molecular weight excluding hydrogens is 222 g/mol. The fourth-order valence-corrected chi connectivity index (χ4v) is 1.84. The molecule has 0 heterocycles. The third-order valence-electron chi connectivity index (χ3n) is 2.80. The van der Waals surface area contributed by atoms with Crippen molar-refractivity contribution < 1.29 is 4.74 Å². The summed E-state index contributed by atoms with van der Waals surface area (Å²) < 4.78 is 5.89. The predicted molar refractivity (Wildman–Crippen MR) is 78.4 cm³/mol. The molecular formula is C16H25NO. The molecule has 0 aliphatic heterocycles. The first-order chi connectivity index (χ1) is 8.34. The molecule has 0 radical (unpaired) electrons. The quantitative estimate of drug-likeness (QED) is 0.805. The standard InChI is InChI=1S/C16H25NO/c1-12-7-8-15(14(9-12)16(3,4)5)18-11-13(2)10-17-6/h7-9,17H,2,10-11H2,1,3-6H3. The van der Waals surface area contributed by atoms with Gasteiger partial charge in [-0.05, 0) is 36.6 Å². The van der Waals surface area contributed by atoms with Gasteiger partial charge in [0.25, 0.3) is 0 Å². The van der Waals surface area contributed by atoms with Gasteiger partial charge in [0, 0.05) is 6.54 Å². The lowest BCUT2D eigenvalue weighted by atomic mass is 9.85. The van der Waals surface area contributed by atoms with Gasteiger partial charge >= 0.3 is 0 Å². The maximum atomic E-state index is 5.89. The molecule has 0 aromatic heterocycles. The van der Waals surface area contributed by atoms with E-state index in [9.17, 15) is 0 Å². The van der Waals surface area contributed by atoms with E-state index < -0.39 is 0 Å². The molecule has 0 unspecified atom stereocenters. The average Bonchev–Trinajstić information content (AvgIpc) is 2.26. The van der Waals surface area contributed by atoms with E-state index in [-0.39, 0.29) is 5.41 Å². The van der Waals surface area contributed by atoms with Crippen LogP contribution < -0.4 is 10.1 Å². The second kappa shape index (κ2) is 6.05. The minimum Gasteiger partial charge on any atom is -0.489 e. The number of rotatable bonds is 5. The van der Waals surface area contributed by atoms with Crippen LogP contribution in [0.3, 0.4) is 0 Å². The lowest BCUT2D eigenvalue weighted by molar-refractivity contribution is 0.338. The Balaban J connectivity index is 2.85. The van der Waals surface area contributed by atoms with Crippen molar-refractivity contribution in [3.8, 4) is 5.75 Å². The highest BCUT2D eigenvalue weighted by atomic mass is 16.5. The van der Waals surface area contributed by atoms with Crippen LogP contribution in [0.5, 0.6) is 5.75 Å². The van der Waals surface area contributed by atoms with E-state index in [0.717, 1.165) is 17.9 Å². The molecule has 100 valence electrons. The number of hydrogen-bond acceptors (Lipinski definition) is 2. The van der Waals surface area contributed by atoms with Crippen LogP contribution >= 0.6 is 0 Å². The van der Waals surface area contributed by atoms with Crippen LogP contribution in [-0.2, 0) is 5.41 Å². The van der Waals surface area contributed by atoms with Crippen molar-refractivity contribution >= 4 is 0 Å². The Morgan fingerprint density at radius 1 is 1.33 bits per heavy atom. The fourth-order valence-electron chi connectivity index (χ4n) is 1.84. The first-order valence-corrected chi connectivity index (χ1v) is 6.40. The third kappa shape index (κ3) is 4.19. The average molecular weight is 247 g/mol. The third-order valence-corrected chi connectivity index (χ3v) is 2.80. The van der Waals surface area contributed by atoms with E-state index in [2.05, 4.69) is 57.8 Å². The Morgan fingerprint density at radius 2 is 2.00 bits per heavy atom. The van der Waals surface area contributed by atoms with Crippen molar-refractivity contribution in [2.24, 2.45) is 0 Å². The number of nitrogens with one attached hydrogen (secondary N) is 1. The Labute approximate surface area is 111 Å². The highest BCUT2D eigenvalue weighted by molar-refractivity contribution is 5.41. The predicted octanol–water partition coefficient (Wildman–Crippen LogP) is 3.45. The fraction of sp³-hybridized carbons (Fsp3) is 0.500. The van der Waals surface area contributed by atoms with Crippen molar-refractivity contribution in [3.63, 3.8) is 0 Å². The number of aryl methyl sites for hydroxylation is 1. The smallest absolute Gasteiger partial charge is 0.123 e. The molecule has 2 heteroatoms. The van der Waals surface area contributed by atoms with Crippen LogP contribution in [0.25, 0.3) is 0 Å². The highest BCUT2D eigenvalue weighted by Crippen LogP contribution is 2.32. The first kappa shape index (κ1) is 14.8. The first-order valence-electron chi connectivity index (χ1n) is 6.40. The molecule has 1 N–H and O–H groups in total. The lowest BCUT2D eigenvalue weighted by Gasteiger charge is -2.23. The minimum absolute atomic E-state index is 0.0890. The van der Waals surface area contributed by atoms with E-state index >= 15 is 0 Å². The van der Waals surface area contributed by atoms with Crippen LogP contribution in [0.1, 0.15) is 31.9 Å². The van der Waals surface area contributed by atoms with Gasteiger partial charge in [-0.1, -0.05) is 45.0 Å². The van der Waals surface area contributed by atoms with Crippen molar-refractivity contribution in [1.82, 2.24) is 5.32 Å². The normalized spacial score (nSPS) is 11.4. The molecule has 0 fully saturated rings. The van der Waals surface area contributed by atoms with Crippen LogP contribution in [0, 0.1) is 6.92 Å². The van der Waals surface area contributed by atoms with Gasteiger partial charge in [-0.25, -0.2) is 0 Å². The van der Waals surface area contributed by atoms with Crippen molar-refractivity contribution in [2.75, 3.05) is 20.2 Å². The van der Waals surface area contributed by atoms with Gasteiger partial charge in [0.1, 0.15) is 12.4 Å². The Hall–Kier alpha value is -1.28.